The van der Waals surface area contributed by atoms with E-state index < -0.39 is 0 Å². The van der Waals surface area contributed by atoms with E-state index in [0.29, 0.717) is 13.0 Å². The lowest BCUT2D eigenvalue weighted by Gasteiger charge is -2.06. The number of carbonyl (C=O) groups is 1. The van der Waals surface area contributed by atoms with Gasteiger partial charge in [-0.2, -0.15) is 0 Å². The highest BCUT2D eigenvalue weighted by Crippen LogP contribution is 2.00. The predicted molar refractivity (Wildman–Crippen MR) is 33.0 cm³/mol. The van der Waals surface area contributed by atoms with Crippen LogP contribution in [-0.4, -0.2) is 25.2 Å². The molecular weight excluding hydrogens is 118 g/mol. The lowest BCUT2D eigenvalue weighted by Crippen LogP contribution is -2.29. The van der Waals surface area contributed by atoms with Crippen LogP contribution < -0.4 is 5.32 Å². The number of rotatable bonds is 2. The van der Waals surface area contributed by atoms with Gasteiger partial charge in [-0.05, 0) is 6.92 Å². The summed E-state index contributed by atoms with van der Waals surface area (Å²) in [6.45, 7) is 3.25. The normalized spacial score (nSPS) is 27.2. The van der Waals surface area contributed by atoms with Gasteiger partial charge >= 0.3 is 0 Å². The minimum Gasteiger partial charge on any atom is -0.356 e. The van der Waals surface area contributed by atoms with Gasteiger partial charge in [0.05, 0.1) is 0 Å². The summed E-state index contributed by atoms with van der Waals surface area (Å²) in [6.07, 6.45) is 0.306. The zero-order valence-electron chi connectivity index (χ0n) is 5.52. The van der Waals surface area contributed by atoms with Crippen LogP contribution in [-0.2, 0) is 9.53 Å². The molecule has 0 bridgehead atoms. The maximum absolute atomic E-state index is 10.8. The minimum atomic E-state index is -0.310. The first-order chi connectivity index (χ1) is 4.34. The number of ketones is 1. The molecular formula is C6H11NO2. The second kappa shape index (κ2) is 2.94. The fraction of sp³-hybridized carbons (Fsp3) is 0.833. The summed E-state index contributed by atoms with van der Waals surface area (Å²) in [6, 6.07) is 0. The van der Waals surface area contributed by atoms with Crippen LogP contribution in [0.1, 0.15) is 13.3 Å². The molecule has 0 aromatic carbocycles. The third kappa shape index (κ3) is 1.50. The van der Waals surface area contributed by atoms with E-state index in [1.54, 1.807) is 0 Å². The second-order valence-electron chi connectivity index (χ2n) is 2.01. The van der Waals surface area contributed by atoms with Crippen molar-refractivity contribution in [3.8, 4) is 0 Å². The first kappa shape index (κ1) is 6.71. The fourth-order valence-electron chi connectivity index (χ4n) is 0.890. The molecule has 1 N–H and O–H groups in total. The third-order valence-corrected chi connectivity index (χ3v) is 1.33. The summed E-state index contributed by atoms with van der Waals surface area (Å²) in [4.78, 5) is 10.8. The average molecular weight is 129 g/mol. The zero-order chi connectivity index (χ0) is 6.69. The smallest absolute Gasteiger partial charge is 0.177 e. The van der Waals surface area contributed by atoms with Gasteiger partial charge in [0, 0.05) is 19.6 Å². The molecule has 0 saturated carbocycles. The Bertz CT molecular complexity index is 114. The van der Waals surface area contributed by atoms with Crippen LogP contribution in [0.25, 0.3) is 0 Å². The van der Waals surface area contributed by atoms with Gasteiger partial charge in [-0.1, -0.05) is 0 Å². The second-order valence-corrected chi connectivity index (χ2v) is 2.01. The van der Waals surface area contributed by atoms with Crippen molar-refractivity contribution < 1.29 is 9.53 Å². The van der Waals surface area contributed by atoms with E-state index in [1.165, 1.54) is 0 Å². The van der Waals surface area contributed by atoms with Crippen LogP contribution in [0.15, 0.2) is 0 Å². The van der Waals surface area contributed by atoms with Gasteiger partial charge in [-0.25, -0.2) is 0 Å². The van der Waals surface area contributed by atoms with Crippen molar-refractivity contribution in [3.05, 3.63) is 0 Å². The third-order valence-electron chi connectivity index (χ3n) is 1.33. The van der Waals surface area contributed by atoms with Crippen molar-refractivity contribution >= 4 is 5.78 Å². The quantitative estimate of drug-likeness (QED) is 0.566. The van der Waals surface area contributed by atoms with Gasteiger partial charge in [0.25, 0.3) is 0 Å². The van der Waals surface area contributed by atoms with Crippen LogP contribution in [0.5, 0.6) is 0 Å². The van der Waals surface area contributed by atoms with Gasteiger partial charge in [-0.15, -0.1) is 0 Å². The molecule has 0 aromatic heterocycles. The van der Waals surface area contributed by atoms with Crippen molar-refractivity contribution in [1.29, 1.82) is 0 Å². The maximum Gasteiger partial charge on any atom is 0.177 e. The maximum atomic E-state index is 10.8. The molecule has 3 nitrogen and oxygen atoms in total. The molecule has 0 radical (unpaired) electrons. The summed E-state index contributed by atoms with van der Waals surface area (Å²) in [7, 11) is 0. The monoisotopic (exact) mass is 129 g/mol. The molecule has 0 spiro atoms. The van der Waals surface area contributed by atoms with Crippen molar-refractivity contribution in [2.24, 2.45) is 0 Å². The molecule has 1 rings (SSSR count). The number of hydrogen-bond acceptors (Lipinski definition) is 3. The Morgan fingerprint density at radius 2 is 2.67 bits per heavy atom. The Morgan fingerprint density at radius 3 is 3.11 bits per heavy atom. The molecule has 3 heteroatoms. The van der Waals surface area contributed by atoms with E-state index in [9.17, 15) is 4.79 Å². The van der Waals surface area contributed by atoms with E-state index in [1.807, 2.05) is 6.92 Å². The van der Waals surface area contributed by atoms with Crippen LogP contribution >= 0.6 is 0 Å². The number of hydrogen-bond donors (Lipinski definition) is 1. The first-order valence-corrected chi connectivity index (χ1v) is 3.22. The Hall–Kier alpha value is -0.410. The lowest BCUT2D eigenvalue weighted by molar-refractivity contribution is -0.128. The Balaban J connectivity index is 2.31. The van der Waals surface area contributed by atoms with Gasteiger partial charge in [0.2, 0.25) is 0 Å². The standard InChI is InChI=1S/C6H11NO2/c1-2-9-6-5(8)3-4-7-6/h6-7H,2-4H2,1H3. The van der Waals surface area contributed by atoms with E-state index >= 15 is 0 Å². The van der Waals surface area contributed by atoms with E-state index in [-0.39, 0.29) is 12.0 Å². The molecule has 0 amide bonds. The summed E-state index contributed by atoms with van der Waals surface area (Å²) >= 11 is 0. The number of carbonyl (C=O) groups excluding carboxylic acids is 1. The van der Waals surface area contributed by atoms with Crippen molar-refractivity contribution in [2.45, 2.75) is 19.6 Å². The zero-order valence-corrected chi connectivity index (χ0v) is 5.52. The van der Waals surface area contributed by atoms with E-state index in [2.05, 4.69) is 5.32 Å². The summed E-state index contributed by atoms with van der Waals surface area (Å²) in [5.41, 5.74) is 0. The highest BCUT2D eigenvalue weighted by molar-refractivity contribution is 5.84. The van der Waals surface area contributed by atoms with Crippen LogP contribution in [0.2, 0.25) is 0 Å². The first-order valence-electron chi connectivity index (χ1n) is 3.22. The van der Waals surface area contributed by atoms with E-state index in [4.69, 9.17) is 4.74 Å². The summed E-state index contributed by atoms with van der Waals surface area (Å²) in [5.74, 6) is 0.178. The van der Waals surface area contributed by atoms with Crippen LogP contribution in [0, 0.1) is 0 Å². The van der Waals surface area contributed by atoms with Gasteiger partial charge in [0.15, 0.2) is 12.0 Å². The lowest BCUT2D eigenvalue weighted by atomic mass is 10.3. The Morgan fingerprint density at radius 1 is 1.89 bits per heavy atom. The van der Waals surface area contributed by atoms with Crippen molar-refractivity contribution in [2.75, 3.05) is 13.2 Å². The molecule has 0 aliphatic carbocycles. The molecule has 1 aliphatic rings. The van der Waals surface area contributed by atoms with Gasteiger partial charge < -0.3 is 4.74 Å². The molecule has 9 heavy (non-hydrogen) atoms. The molecule has 1 heterocycles. The molecule has 1 saturated heterocycles. The van der Waals surface area contributed by atoms with Crippen LogP contribution in [0.4, 0.5) is 0 Å². The molecule has 0 aromatic rings. The Kier molecular flexibility index (Phi) is 2.19. The van der Waals surface area contributed by atoms with Gasteiger partial charge in [-0.3, -0.25) is 10.1 Å². The SMILES string of the molecule is CCOC1NCCC1=O. The molecule has 52 valence electrons. The van der Waals surface area contributed by atoms with Gasteiger partial charge in [0.1, 0.15) is 0 Å². The average Bonchev–Trinajstić information content (AvgIpc) is 2.18. The summed E-state index contributed by atoms with van der Waals surface area (Å²) in [5, 5.41) is 2.94. The number of Topliss-reactive ketones (excluding diaryl/α,β-unsaturated/α-hetero) is 1. The topological polar surface area (TPSA) is 38.3 Å². The predicted octanol–water partition coefficient (Wildman–Crippen LogP) is -0.0886. The number of ether oxygens (including phenoxy) is 1. The largest absolute Gasteiger partial charge is 0.356 e. The fourth-order valence-corrected chi connectivity index (χ4v) is 0.890. The molecule has 1 aliphatic heterocycles. The van der Waals surface area contributed by atoms with Crippen molar-refractivity contribution in [1.82, 2.24) is 5.32 Å². The molecule has 1 unspecified atom stereocenters. The number of nitrogens with one attached hydrogen (secondary N) is 1. The Labute approximate surface area is 54.4 Å². The van der Waals surface area contributed by atoms with Crippen molar-refractivity contribution in [3.63, 3.8) is 0 Å². The minimum absolute atomic E-state index is 0.178. The summed E-state index contributed by atoms with van der Waals surface area (Å²) < 4.78 is 5.05. The molecule has 1 fully saturated rings. The highest BCUT2D eigenvalue weighted by atomic mass is 16.5. The van der Waals surface area contributed by atoms with Crippen LogP contribution in [0.3, 0.4) is 0 Å². The van der Waals surface area contributed by atoms with E-state index in [0.717, 1.165) is 6.54 Å². The highest BCUT2D eigenvalue weighted by Gasteiger charge is 2.22. The molecule has 1 atom stereocenters.